The van der Waals surface area contributed by atoms with Crippen molar-refractivity contribution < 1.29 is 4.79 Å². The molecule has 0 aliphatic rings. The average molecular weight is 374 g/mol. The fourth-order valence-corrected chi connectivity index (χ4v) is 2.38. The lowest BCUT2D eigenvalue weighted by Crippen LogP contribution is -2.51. The molecular weight excluding hydrogens is 349 g/mol. The highest BCUT2D eigenvalue weighted by Gasteiger charge is 2.26. The van der Waals surface area contributed by atoms with Gasteiger partial charge in [0.25, 0.3) is 0 Å². The van der Waals surface area contributed by atoms with Gasteiger partial charge in [-0.3, -0.25) is 4.79 Å². The Balaban J connectivity index is 0.00000264. The van der Waals surface area contributed by atoms with E-state index < -0.39 is 5.54 Å². The Morgan fingerprint density at radius 3 is 2.54 bits per heavy atom. The summed E-state index contributed by atoms with van der Waals surface area (Å²) in [5.41, 5.74) is 7.38. The number of nitrogens with one attached hydrogen (secondary N) is 1. The number of nitrogens with two attached hydrogens (primary N) is 1. The van der Waals surface area contributed by atoms with Gasteiger partial charge in [0.15, 0.2) is 0 Å². The predicted octanol–water partition coefficient (Wildman–Crippen LogP) is 2.30. The minimum Gasteiger partial charge on any atom is -0.350 e. The first-order valence-electron chi connectivity index (χ1n) is 7.49. The zero-order valence-corrected chi connectivity index (χ0v) is 15.6. The van der Waals surface area contributed by atoms with Gasteiger partial charge in [-0.15, -0.1) is 24.8 Å². The quantitative estimate of drug-likeness (QED) is 0.779. The van der Waals surface area contributed by atoms with Gasteiger partial charge in [0.05, 0.1) is 12.1 Å². The number of carbonyl (C=O) groups is 1. The highest BCUT2D eigenvalue weighted by atomic mass is 35.5. The lowest BCUT2D eigenvalue weighted by atomic mass is 9.96. The fourth-order valence-electron chi connectivity index (χ4n) is 2.38. The van der Waals surface area contributed by atoms with Crippen LogP contribution in [-0.4, -0.2) is 26.2 Å². The summed E-state index contributed by atoms with van der Waals surface area (Å²) in [4.78, 5) is 16.1. The summed E-state index contributed by atoms with van der Waals surface area (Å²) in [5, 5.41) is 7.04. The second-order valence-corrected chi connectivity index (χ2v) is 5.71. The van der Waals surface area contributed by atoms with Gasteiger partial charge in [-0.25, -0.2) is 9.67 Å². The van der Waals surface area contributed by atoms with Gasteiger partial charge in [0, 0.05) is 6.54 Å². The SMILES string of the molecule is CCCC(C)(N)C(=O)NCc1ccccc1Cn1cncn1.Cl.Cl. The van der Waals surface area contributed by atoms with E-state index in [-0.39, 0.29) is 30.7 Å². The van der Waals surface area contributed by atoms with Crippen molar-refractivity contribution in [2.24, 2.45) is 5.73 Å². The molecule has 1 aromatic heterocycles. The van der Waals surface area contributed by atoms with Crippen LogP contribution in [0, 0.1) is 0 Å². The molecule has 1 heterocycles. The van der Waals surface area contributed by atoms with Crippen LogP contribution in [0.15, 0.2) is 36.9 Å². The van der Waals surface area contributed by atoms with Crippen LogP contribution in [0.1, 0.15) is 37.8 Å². The highest BCUT2D eigenvalue weighted by Crippen LogP contribution is 2.12. The van der Waals surface area contributed by atoms with Crippen LogP contribution in [0.5, 0.6) is 0 Å². The van der Waals surface area contributed by atoms with Gasteiger partial charge >= 0.3 is 0 Å². The number of benzene rings is 1. The molecule has 6 nitrogen and oxygen atoms in total. The molecular formula is C16H25Cl2N5O. The van der Waals surface area contributed by atoms with E-state index in [1.807, 2.05) is 31.2 Å². The monoisotopic (exact) mass is 373 g/mol. The van der Waals surface area contributed by atoms with Gasteiger partial charge in [0.1, 0.15) is 12.7 Å². The van der Waals surface area contributed by atoms with E-state index in [9.17, 15) is 4.79 Å². The molecule has 2 aromatic rings. The van der Waals surface area contributed by atoms with Crippen LogP contribution < -0.4 is 11.1 Å². The van der Waals surface area contributed by atoms with E-state index in [1.165, 1.54) is 6.33 Å². The molecule has 1 aromatic carbocycles. The Morgan fingerprint density at radius 1 is 1.29 bits per heavy atom. The van der Waals surface area contributed by atoms with Crippen molar-refractivity contribution in [1.29, 1.82) is 0 Å². The van der Waals surface area contributed by atoms with E-state index in [2.05, 4.69) is 15.4 Å². The van der Waals surface area contributed by atoms with Crippen LogP contribution in [0.2, 0.25) is 0 Å². The molecule has 8 heteroatoms. The molecule has 2 rings (SSSR count). The van der Waals surface area contributed by atoms with E-state index in [0.717, 1.165) is 17.5 Å². The number of amides is 1. The largest absolute Gasteiger partial charge is 0.350 e. The Kier molecular flexibility index (Phi) is 9.58. The Bertz CT molecular complexity index is 617. The number of halogens is 2. The van der Waals surface area contributed by atoms with Gasteiger partial charge < -0.3 is 11.1 Å². The van der Waals surface area contributed by atoms with Crippen LogP contribution >= 0.6 is 24.8 Å². The molecule has 1 atom stereocenters. The first-order chi connectivity index (χ1) is 10.5. The van der Waals surface area contributed by atoms with Gasteiger partial charge in [-0.1, -0.05) is 37.6 Å². The van der Waals surface area contributed by atoms with Crippen LogP contribution in [0.4, 0.5) is 0 Å². The topological polar surface area (TPSA) is 85.8 Å². The molecule has 134 valence electrons. The lowest BCUT2D eigenvalue weighted by Gasteiger charge is -2.23. The van der Waals surface area contributed by atoms with Gasteiger partial charge in [0.2, 0.25) is 5.91 Å². The minimum absolute atomic E-state index is 0. The maximum absolute atomic E-state index is 12.2. The molecule has 0 aliphatic carbocycles. The zero-order chi connectivity index (χ0) is 16.0. The first kappa shape index (κ1) is 22.4. The highest BCUT2D eigenvalue weighted by molar-refractivity contribution is 5.86. The van der Waals surface area contributed by atoms with Crippen molar-refractivity contribution in [2.75, 3.05) is 0 Å². The molecule has 0 spiro atoms. The summed E-state index contributed by atoms with van der Waals surface area (Å²) in [6, 6.07) is 7.96. The second-order valence-electron chi connectivity index (χ2n) is 5.71. The minimum atomic E-state index is -0.824. The fraction of sp³-hybridized carbons (Fsp3) is 0.438. The van der Waals surface area contributed by atoms with E-state index in [0.29, 0.717) is 19.5 Å². The van der Waals surface area contributed by atoms with Crippen LogP contribution in [0.25, 0.3) is 0 Å². The maximum atomic E-state index is 12.2. The molecule has 1 amide bonds. The summed E-state index contributed by atoms with van der Waals surface area (Å²) < 4.78 is 1.75. The Labute approximate surface area is 155 Å². The van der Waals surface area contributed by atoms with Crippen molar-refractivity contribution in [2.45, 2.75) is 45.3 Å². The van der Waals surface area contributed by atoms with E-state index in [1.54, 1.807) is 17.9 Å². The average Bonchev–Trinajstić information content (AvgIpc) is 2.99. The normalized spacial score (nSPS) is 12.5. The second kappa shape index (κ2) is 10.3. The molecule has 0 saturated carbocycles. The number of carbonyl (C=O) groups excluding carboxylic acids is 1. The molecule has 0 fully saturated rings. The number of nitrogens with zero attached hydrogens (tertiary/aromatic N) is 3. The summed E-state index contributed by atoms with van der Waals surface area (Å²) >= 11 is 0. The summed E-state index contributed by atoms with van der Waals surface area (Å²) in [6.07, 6.45) is 4.73. The maximum Gasteiger partial charge on any atom is 0.240 e. The molecule has 24 heavy (non-hydrogen) atoms. The predicted molar refractivity (Wildman–Crippen MR) is 99.4 cm³/mol. The standard InChI is InChI=1S/C16H23N5O.2ClH/c1-3-8-16(2,17)15(22)19-9-13-6-4-5-7-14(13)10-21-12-18-11-20-21;;/h4-7,11-12H,3,8-10,17H2,1-2H3,(H,19,22);2*1H. The third-order valence-electron chi connectivity index (χ3n) is 3.64. The van der Waals surface area contributed by atoms with Crippen LogP contribution in [0.3, 0.4) is 0 Å². The third kappa shape index (κ3) is 6.11. The first-order valence-corrected chi connectivity index (χ1v) is 7.49. The van der Waals surface area contributed by atoms with Crippen molar-refractivity contribution in [3.8, 4) is 0 Å². The molecule has 0 radical (unpaired) electrons. The molecule has 0 bridgehead atoms. The van der Waals surface area contributed by atoms with E-state index in [4.69, 9.17) is 5.73 Å². The molecule has 0 aliphatic heterocycles. The molecule has 0 saturated heterocycles. The Hall–Kier alpha value is -1.63. The Morgan fingerprint density at radius 2 is 1.96 bits per heavy atom. The third-order valence-corrected chi connectivity index (χ3v) is 3.64. The lowest BCUT2D eigenvalue weighted by molar-refractivity contribution is -0.126. The number of hydrogen-bond acceptors (Lipinski definition) is 4. The van der Waals surface area contributed by atoms with Crippen molar-refractivity contribution in [3.63, 3.8) is 0 Å². The van der Waals surface area contributed by atoms with Gasteiger partial charge in [-0.2, -0.15) is 5.10 Å². The van der Waals surface area contributed by atoms with Crippen molar-refractivity contribution >= 4 is 30.7 Å². The number of rotatable bonds is 7. The van der Waals surface area contributed by atoms with Gasteiger partial charge in [-0.05, 0) is 24.5 Å². The summed E-state index contributed by atoms with van der Waals surface area (Å²) in [7, 11) is 0. The van der Waals surface area contributed by atoms with Crippen molar-refractivity contribution in [3.05, 3.63) is 48.0 Å². The summed E-state index contributed by atoms with van der Waals surface area (Å²) in [5.74, 6) is -0.120. The smallest absolute Gasteiger partial charge is 0.240 e. The van der Waals surface area contributed by atoms with Crippen LogP contribution in [-0.2, 0) is 17.9 Å². The van der Waals surface area contributed by atoms with Crippen molar-refractivity contribution in [1.82, 2.24) is 20.1 Å². The zero-order valence-electron chi connectivity index (χ0n) is 13.9. The number of aromatic nitrogens is 3. The number of hydrogen-bond donors (Lipinski definition) is 2. The molecule has 3 N–H and O–H groups in total. The molecule has 1 unspecified atom stereocenters. The van der Waals surface area contributed by atoms with E-state index >= 15 is 0 Å². The summed E-state index contributed by atoms with van der Waals surface area (Å²) in [6.45, 7) is 4.88.